The third-order valence-electron chi connectivity index (χ3n) is 3.79. The van der Waals surface area contributed by atoms with Crippen LogP contribution in [-0.4, -0.2) is 51.7 Å². The largest absolute Gasteiger partial charge is 0.497 e. The lowest BCUT2D eigenvalue weighted by Crippen LogP contribution is -2.39. The minimum absolute atomic E-state index is 0.119. The Morgan fingerprint density at radius 2 is 1.95 bits per heavy atom. The minimum Gasteiger partial charge on any atom is -0.497 e. The predicted octanol–water partition coefficient (Wildman–Crippen LogP) is 1.10. The zero-order valence-corrected chi connectivity index (χ0v) is 13.3. The van der Waals surface area contributed by atoms with Crippen molar-refractivity contribution in [3.63, 3.8) is 0 Å². The number of hydrogen-bond donors (Lipinski definition) is 1. The summed E-state index contributed by atoms with van der Waals surface area (Å²) in [6.45, 7) is 0.397. The van der Waals surface area contributed by atoms with Gasteiger partial charge >= 0.3 is 0 Å². The lowest BCUT2D eigenvalue weighted by atomic mass is 9.82. The third kappa shape index (κ3) is 3.30. The third-order valence-corrected chi connectivity index (χ3v) is 5.65. The Balaban J connectivity index is 2.22. The second-order valence-electron chi connectivity index (χ2n) is 5.29. The van der Waals surface area contributed by atoms with Crippen LogP contribution in [0.5, 0.6) is 11.5 Å². The summed E-state index contributed by atoms with van der Waals surface area (Å²) >= 11 is 0. The second kappa shape index (κ2) is 6.21. The smallest absolute Gasteiger partial charge is 0.246 e. The van der Waals surface area contributed by atoms with Crippen LogP contribution < -0.4 is 9.47 Å². The molecule has 21 heavy (non-hydrogen) atoms. The van der Waals surface area contributed by atoms with Crippen LogP contribution in [0.2, 0.25) is 0 Å². The van der Waals surface area contributed by atoms with Gasteiger partial charge in [0.25, 0.3) is 0 Å². The molecule has 7 heteroatoms. The molecule has 0 atom stereocenters. The zero-order valence-electron chi connectivity index (χ0n) is 12.4. The van der Waals surface area contributed by atoms with E-state index in [1.807, 2.05) is 0 Å². The lowest BCUT2D eigenvalue weighted by Gasteiger charge is -2.34. The first-order chi connectivity index (χ1) is 9.88. The zero-order chi connectivity index (χ0) is 15.6. The number of rotatable bonds is 6. The van der Waals surface area contributed by atoms with E-state index in [0.29, 0.717) is 25.1 Å². The molecule has 0 aromatic heterocycles. The van der Waals surface area contributed by atoms with Crippen molar-refractivity contribution in [1.29, 1.82) is 0 Å². The topological polar surface area (TPSA) is 76.1 Å². The van der Waals surface area contributed by atoms with Crippen LogP contribution in [0.3, 0.4) is 0 Å². The number of aliphatic hydroxyl groups is 1. The van der Waals surface area contributed by atoms with Crippen LogP contribution in [0.1, 0.15) is 12.8 Å². The van der Waals surface area contributed by atoms with E-state index in [-0.39, 0.29) is 22.7 Å². The predicted molar refractivity (Wildman–Crippen MR) is 78.1 cm³/mol. The molecule has 6 nitrogen and oxygen atoms in total. The van der Waals surface area contributed by atoms with E-state index in [2.05, 4.69) is 0 Å². The number of nitrogens with zero attached hydrogens (tertiary/aromatic N) is 1. The summed E-state index contributed by atoms with van der Waals surface area (Å²) in [5.74, 6) is 1.01. The lowest BCUT2D eigenvalue weighted by molar-refractivity contribution is 0.0367. The van der Waals surface area contributed by atoms with Crippen molar-refractivity contribution in [3.8, 4) is 11.5 Å². The van der Waals surface area contributed by atoms with E-state index in [4.69, 9.17) is 9.47 Å². The summed E-state index contributed by atoms with van der Waals surface area (Å²) < 4.78 is 36.8. The molecule has 1 saturated carbocycles. The van der Waals surface area contributed by atoms with Gasteiger partial charge in [0.2, 0.25) is 10.0 Å². The summed E-state index contributed by atoms with van der Waals surface area (Å²) in [6.07, 6.45) is 1.01. The first-order valence-corrected chi connectivity index (χ1v) is 8.19. The van der Waals surface area contributed by atoms with Gasteiger partial charge in [-0.1, -0.05) is 0 Å². The summed E-state index contributed by atoms with van der Waals surface area (Å²) in [7, 11) is 0.859. The van der Waals surface area contributed by atoms with E-state index >= 15 is 0 Å². The average Bonchev–Trinajstić information content (AvgIpc) is 2.44. The van der Waals surface area contributed by atoms with Gasteiger partial charge in [-0.25, -0.2) is 12.7 Å². The number of sulfonamides is 1. The molecule has 0 heterocycles. The van der Waals surface area contributed by atoms with E-state index < -0.39 is 10.0 Å². The monoisotopic (exact) mass is 315 g/mol. The van der Waals surface area contributed by atoms with Gasteiger partial charge in [-0.3, -0.25) is 0 Å². The standard InChI is InChI=1S/C14H21NO5S/c1-15(9-10-6-11(16)7-10)21(17,18)14-5-4-12(19-2)8-13(14)20-3/h4-5,8,10-11,16H,6-7,9H2,1-3H3. The van der Waals surface area contributed by atoms with E-state index in [0.717, 1.165) is 0 Å². The SMILES string of the molecule is COc1ccc(S(=O)(=O)N(C)CC2CC(O)C2)c(OC)c1. The molecule has 0 radical (unpaired) electrons. The molecule has 1 aliphatic carbocycles. The molecule has 118 valence electrons. The van der Waals surface area contributed by atoms with Gasteiger partial charge in [0.05, 0.1) is 20.3 Å². The van der Waals surface area contributed by atoms with Crippen molar-refractivity contribution < 1.29 is 23.0 Å². The summed E-state index contributed by atoms with van der Waals surface area (Å²) in [4.78, 5) is 0.119. The Labute approximate surface area is 125 Å². The van der Waals surface area contributed by atoms with Crippen LogP contribution in [0.25, 0.3) is 0 Å². The van der Waals surface area contributed by atoms with Gasteiger partial charge in [-0.15, -0.1) is 0 Å². The molecule has 0 saturated heterocycles. The second-order valence-corrected chi connectivity index (χ2v) is 7.31. The molecule has 0 spiro atoms. The van der Waals surface area contributed by atoms with Crippen molar-refractivity contribution in [2.75, 3.05) is 27.8 Å². The number of hydrogen-bond acceptors (Lipinski definition) is 5. The molecule has 0 bridgehead atoms. The molecule has 0 amide bonds. The Hall–Kier alpha value is -1.31. The fraction of sp³-hybridized carbons (Fsp3) is 0.571. The van der Waals surface area contributed by atoms with Crippen LogP contribution >= 0.6 is 0 Å². The normalized spacial score (nSPS) is 22.0. The Kier molecular flexibility index (Phi) is 4.75. The highest BCUT2D eigenvalue weighted by molar-refractivity contribution is 7.89. The van der Waals surface area contributed by atoms with Gasteiger partial charge in [-0.05, 0) is 30.9 Å². The molecule has 1 N–H and O–H groups in total. The number of benzene rings is 1. The van der Waals surface area contributed by atoms with Crippen LogP contribution in [0, 0.1) is 5.92 Å². The highest BCUT2D eigenvalue weighted by Crippen LogP contribution is 2.33. The quantitative estimate of drug-likeness (QED) is 0.850. The molecular formula is C14H21NO5S. The molecule has 1 aromatic carbocycles. The van der Waals surface area contributed by atoms with E-state index in [9.17, 15) is 13.5 Å². The van der Waals surface area contributed by atoms with E-state index in [1.165, 1.54) is 24.6 Å². The van der Waals surface area contributed by atoms with Crippen molar-refractivity contribution >= 4 is 10.0 Å². The highest BCUT2D eigenvalue weighted by atomic mass is 32.2. The molecular weight excluding hydrogens is 294 g/mol. The Bertz CT molecular complexity index is 595. The van der Waals surface area contributed by atoms with E-state index in [1.54, 1.807) is 19.2 Å². The van der Waals surface area contributed by atoms with Gasteiger partial charge in [0.15, 0.2) is 0 Å². The molecule has 1 aromatic rings. The maximum atomic E-state index is 12.6. The van der Waals surface area contributed by atoms with Crippen molar-refractivity contribution in [2.24, 2.45) is 5.92 Å². The summed E-state index contributed by atoms with van der Waals surface area (Å²) in [6, 6.07) is 4.63. The maximum absolute atomic E-state index is 12.6. The molecule has 0 unspecified atom stereocenters. The van der Waals surface area contributed by atoms with Crippen molar-refractivity contribution in [2.45, 2.75) is 23.8 Å². The van der Waals surface area contributed by atoms with Crippen LogP contribution in [0.4, 0.5) is 0 Å². The Morgan fingerprint density at radius 3 is 2.48 bits per heavy atom. The summed E-state index contributed by atoms with van der Waals surface area (Å²) in [5, 5.41) is 9.29. The first-order valence-electron chi connectivity index (χ1n) is 6.75. The van der Waals surface area contributed by atoms with Crippen LogP contribution in [0.15, 0.2) is 23.1 Å². The minimum atomic E-state index is -3.62. The van der Waals surface area contributed by atoms with Crippen LogP contribution in [-0.2, 0) is 10.0 Å². The van der Waals surface area contributed by atoms with Gasteiger partial charge in [-0.2, -0.15) is 0 Å². The van der Waals surface area contributed by atoms with Crippen molar-refractivity contribution in [3.05, 3.63) is 18.2 Å². The van der Waals surface area contributed by atoms with Gasteiger partial charge in [0.1, 0.15) is 16.4 Å². The van der Waals surface area contributed by atoms with Crippen molar-refractivity contribution in [1.82, 2.24) is 4.31 Å². The average molecular weight is 315 g/mol. The number of aliphatic hydroxyl groups excluding tert-OH is 1. The fourth-order valence-corrected chi connectivity index (χ4v) is 3.85. The number of ether oxygens (including phenoxy) is 2. The molecule has 0 aliphatic heterocycles. The Morgan fingerprint density at radius 1 is 1.29 bits per heavy atom. The van der Waals surface area contributed by atoms with Gasteiger partial charge < -0.3 is 14.6 Å². The molecule has 2 rings (SSSR count). The summed E-state index contributed by atoms with van der Waals surface area (Å²) in [5.41, 5.74) is 0. The fourth-order valence-electron chi connectivity index (χ4n) is 2.47. The number of methoxy groups -OCH3 is 2. The maximum Gasteiger partial charge on any atom is 0.246 e. The molecule has 1 aliphatic rings. The molecule has 1 fully saturated rings. The van der Waals surface area contributed by atoms with Gasteiger partial charge in [0, 0.05) is 19.7 Å². The first kappa shape index (κ1) is 16.1. The highest BCUT2D eigenvalue weighted by Gasteiger charge is 2.32.